The van der Waals surface area contributed by atoms with Gasteiger partial charge in [-0.2, -0.15) is 0 Å². The molecule has 0 aromatic heterocycles. The van der Waals surface area contributed by atoms with Gasteiger partial charge in [0.2, 0.25) is 0 Å². The van der Waals surface area contributed by atoms with E-state index in [-0.39, 0.29) is 0 Å². The molecule has 102 valence electrons. The average molecular weight is 253 g/mol. The van der Waals surface area contributed by atoms with Crippen molar-refractivity contribution in [3.05, 3.63) is 18.2 Å². The molecule has 0 aliphatic rings. The number of ether oxygens (including phenoxy) is 3. The van der Waals surface area contributed by atoms with Crippen LogP contribution in [-0.4, -0.2) is 34.0 Å². The minimum absolute atomic E-state index is 0.717. The van der Waals surface area contributed by atoms with Crippen molar-refractivity contribution < 1.29 is 14.2 Å². The first-order valence-electron chi connectivity index (χ1n) is 6.35. The third kappa shape index (κ3) is 4.84. The number of unbranched alkanes of at least 4 members (excludes halogenated alkanes) is 1. The Balaban J connectivity index is 2.34. The summed E-state index contributed by atoms with van der Waals surface area (Å²) in [4.78, 5) is 0. The molecule has 0 saturated heterocycles. The van der Waals surface area contributed by atoms with Crippen LogP contribution in [0.4, 0.5) is 5.69 Å². The molecule has 0 heterocycles. The highest BCUT2D eigenvalue weighted by molar-refractivity contribution is 5.54. The van der Waals surface area contributed by atoms with Gasteiger partial charge in [-0.1, -0.05) is 13.3 Å². The van der Waals surface area contributed by atoms with Gasteiger partial charge in [0.05, 0.1) is 20.8 Å². The number of hydrogen-bond acceptors (Lipinski definition) is 4. The van der Waals surface area contributed by atoms with E-state index >= 15 is 0 Å². The van der Waals surface area contributed by atoms with E-state index in [1.165, 1.54) is 6.42 Å². The summed E-state index contributed by atoms with van der Waals surface area (Å²) in [5, 5.41) is 3.29. The predicted molar refractivity (Wildman–Crippen MR) is 73.8 cm³/mol. The van der Waals surface area contributed by atoms with Crippen LogP contribution in [0.3, 0.4) is 0 Å². The first kappa shape index (κ1) is 14.6. The summed E-state index contributed by atoms with van der Waals surface area (Å²) in [5.74, 6) is 1.47. The number of rotatable bonds is 9. The van der Waals surface area contributed by atoms with Crippen LogP contribution >= 0.6 is 0 Å². The average Bonchev–Trinajstić information content (AvgIpc) is 2.42. The molecule has 0 atom stereocenters. The maximum atomic E-state index is 5.48. The molecular formula is C14H23NO3. The fourth-order valence-electron chi connectivity index (χ4n) is 1.56. The van der Waals surface area contributed by atoms with Crippen LogP contribution in [0.1, 0.15) is 19.8 Å². The maximum Gasteiger partial charge on any atom is 0.162 e. The normalized spacial score (nSPS) is 10.2. The second-order valence-corrected chi connectivity index (χ2v) is 3.96. The maximum absolute atomic E-state index is 5.48. The monoisotopic (exact) mass is 253 g/mol. The van der Waals surface area contributed by atoms with Crippen LogP contribution in [0.2, 0.25) is 0 Å². The molecule has 0 aliphatic carbocycles. The molecule has 0 bridgehead atoms. The Morgan fingerprint density at radius 3 is 2.50 bits per heavy atom. The molecule has 4 heteroatoms. The molecule has 0 radical (unpaired) electrons. The predicted octanol–water partition coefficient (Wildman–Crippen LogP) is 2.93. The van der Waals surface area contributed by atoms with E-state index in [0.717, 1.165) is 36.8 Å². The highest BCUT2D eigenvalue weighted by Crippen LogP contribution is 2.29. The zero-order chi connectivity index (χ0) is 13.2. The first-order chi connectivity index (χ1) is 8.81. The number of anilines is 1. The number of methoxy groups -OCH3 is 2. The zero-order valence-corrected chi connectivity index (χ0v) is 11.5. The van der Waals surface area contributed by atoms with Crippen molar-refractivity contribution in [2.24, 2.45) is 0 Å². The van der Waals surface area contributed by atoms with E-state index < -0.39 is 0 Å². The minimum Gasteiger partial charge on any atom is -0.493 e. The van der Waals surface area contributed by atoms with Crippen molar-refractivity contribution in [2.75, 3.05) is 39.3 Å². The lowest BCUT2D eigenvalue weighted by molar-refractivity contribution is 0.141. The molecule has 0 amide bonds. The van der Waals surface area contributed by atoms with E-state index in [9.17, 15) is 0 Å². The van der Waals surface area contributed by atoms with E-state index in [2.05, 4.69) is 12.2 Å². The molecule has 0 saturated carbocycles. The number of hydrogen-bond donors (Lipinski definition) is 1. The Morgan fingerprint density at radius 1 is 1.06 bits per heavy atom. The van der Waals surface area contributed by atoms with Gasteiger partial charge in [0, 0.05) is 24.9 Å². The van der Waals surface area contributed by atoms with Crippen molar-refractivity contribution in [3.63, 3.8) is 0 Å². The molecule has 0 fully saturated rings. The largest absolute Gasteiger partial charge is 0.493 e. The van der Waals surface area contributed by atoms with Gasteiger partial charge in [0.1, 0.15) is 0 Å². The topological polar surface area (TPSA) is 39.7 Å². The molecule has 0 unspecified atom stereocenters. The Morgan fingerprint density at radius 2 is 1.83 bits per heavy atom. The minimum atomic E-state index is 0.717. The van der Waals surface area contributed by atoms with Crippen molar-refractivity contribution in [1.29, 1.82) is 0 Å². The summed E-state index contributed by atoms with van der Waals surface area (Å²) in [6.45, 7) is 4.50. The lowest BCUT2D eigenvalue weighted by Gasteiger charge is -2.11. The summed E-state index contributed by atoms with van der Waals surface area (Å²) in [6.07, 6.45) is 2.29. The SMILES string of the molecule is CCCCOCCNc1ccc(OC)c(OC)c1. The lowest BCUT2D eigenvalue weighted by Crippen LogP contribution is -2.10. The second kappa shape index (κ2) is 8.64. The van der Waals surface area contributed by atoms with Crippen molar-refractivity contribution in [2.45, 2.75) is 19.8 Å². The van der Waals surface area contributed by atoms with E-state index in [1.54, 1.807) is 14.2 Å². The van der Waals surface area contributed by atoms with Gasteiger partial charge in [0.15, 0.2) is 11.5 Å². The van der Waals surface area contributed by atoms with Gasteiger partial charge in [-0.25, -0.2) is 0 Å². The van der Waals surface area contributed by atoms with E-state index in [0.29, 0.717) is 6.61 Å². The highest BCUT2D eigenvalue weighted by Gasteiger charge is 2.03. The molecule has 0 spiro atoms. The second-order valence-electron chi connectivity index (χ2n) is 3.96. The van der Waals surface area contributed by atoms with Crippen molar-refractivity contribution >= 4 is 5.69 Å². The zero-order valence-electron chi connectivity index (χ0n) is 11.5. The van der Waals surface area contributed by atoms with Crippen LogP contribution in [0.15, 0.2) is 18.2 Å². The van der Waals surface area contributed by atoms with Crippen LogP contribution in [0.5, 0.6) is 11.5 Å². The van der Waals surface area contributed by atoms with Crippen LogP contribution in [-0.2, 0) is 4.74 Å². The fraction of sp³-hybridized carbons (Fsp3) is 0.571. The van der Waals surface area contributed by atoms with E-state index in [4.69, 9.17) is 14.2 Å². The highest BCUT2D eigenvalue weighted by atomic mass is 16.5. The molecule has 4 nitrogen and oxygen atoms in total. The third-order valence-electron chi connectivity index (χ3n) is 2.60. The van der Waals surface area contributed by atoms with Gasteiger partial charge >= 0.3 is 0 Å². The fourth-order valence-corrected chi connectivity index (χ4v) is 1.56. The molecule has 18 heavy (non-hydrogen) atoms. The van der Waals surface area contributed by atoms with Crippen LogP contribution in [0.25, 0.3) is 0 Å². The summed E-state index contributed by atoms with van der Waals surface area (Å²) >= 11 is 0. The molecule has 0 aliphatic heterocycles. The Bertz CT molecular complexity index is 342. The molecule has 1 aromatic carbocycles. The standard InChI is InChI=1S/C14H23NO3/c1-4-5-9-18-10-8-15-12-6-7-13(16-2)14(11-12)17-3/h6-7,11,15H,4-5,8-10H2,1-3H3. The molecular weight excluding hydrogens is 230 g/mol. The van der Waals surface area contributed by atoms with Gasteiger partial charge in [-0.05, 0) is 18.6 Å². The van der Waals surface area contributed by atoms with Crippen LogP contribution in [0, 0.1) is 0 Å². The van der Waals surface area contributed by atoms with Gasteiger partial charge < -0.3 is 19.5 Å². The Labute approximate surface area is 109 Å². The summed E-state index contributed by atoms with van der Waals surface area (Å²) in [7, 11) is 3.27. The smallest absolute Gasteiger partial charge is 0.162 e. The Kier molecular flexibility index (Phi) is 7.03. The summed E-state index contributed by atoms with van der Waals surface area (Å²) in [5.41, 5.74) is 1.01. The first-order valence-corrected chi connectivity index (χ1v) is 6.35. The summed E-state index contributed by atoms with van der Waals surface area (Å²) < 4.78 is 15.9. The quantitative estimate of drug-likeness (QED) is 0.687. The third-order valence-corrected chi connectivity index (χ3v) is 2.60. The van der Waals surface area contributed by atoms with Gasteiger partial charge in [-0.15, -0.1) is 0 Å². The van der Waals surface area contributed by atoms with Crippen molar-refractivity contribution in [3.8, 4) is 11.5 Å². The molecule has 1 rings (SSSR count). The van der Waals surface area contributed by atoms with Gasteiger partial charge in [-0.3, -0.25) is 0 Å². The molecule has 1 aromatic rings. The molecule has 1 N–H and O–H groups in total. The number of benzene rings is 1. The van der Waals surface area contributed by atoms with Crippen molar-refractivity contribution in [1.82, 2.24) is 0 Å². The lowest BCUT2D eigenvalue weighted by atomic mass is 10.2. The summed E-state index contributed by atoms with van der Waals surface area (Å²) in [6, 6.07) is 5.78. The number of nitrogens with one attached hydrogen (secondary N) is 1. The van der Waals surface area contributed by atoms with E-state index in [1.807, 2.05) is 18.2 Å². The Hall–Kier alpha value is -1.42. The van der Waals surface area contributed by atoms with Crippen LogP contribution < -0.4 is 14.8 Å². The van der Waals surface area contributed by atoms with Gasteiger partial charge in [0.25, 0.3) is 0 Å².